The van der Waals surface area contributed by atoms with Crippen LogP contribution in [0.15, 0.2) is 0 Å². The Morgan fingerprint density at radius 1 is 1.50 bits per heavy atom. The second kappa shape index (κ2) is 2.51. The van der Waals surface area contributed by atoms with Gasteiger partial charge in [0.25, 0.3) is 0 Å². The van der Waals surface area contributed by atoms with Crippen molar-refractivity contribution in [1.82, 2.24) is 4.90 Å². The van der Waals surface area contributed by atoms with E-state index in [9.17, 15) is 0 Å². The Morgan fingerprint density at radius 3 is 2.30 bits per heavy atom. The molecule has 0 bridgehead atoms. The quantitative estimate of drug-likeness (QED) is 0.614. The van der Waals surface area contributed by atoms with Gasteiger partial charge in [0.2, 0.25) is 0 Å². The lowest BCUT2D eigenvalue weighted by Crippen LogP contribution is -2.59. The Labute approximate surface area is 63.4 Å². The van der Waals surface area contributed by atoms with Gasteiger partial charge in [-0.2, -0.15) is 0 Å². The summed E-state index contributed by atoms with van der Waals surface area (Å²) in [6, 6.07) is 0. The molecular formula is C8H18N2. The zero-order valence-electron chi connectivity index (χ0n) is 7.22. The first kappa shape index (κ1) is 8.02. The summed E-state index contributed by atoms with van der Waals surface area (Å²) in [5, 5.41) is 0. The molecule has 1 rings (SSSR count). The zero-order chi connectivity index (χ0) is 7.78. The molecule has 0 aromatic carbocycles. The Bertz CT molecular complexity index is 114. The van der Waals surface area contributed by atoms with E-state index >= 15 is 0 Å². The van der Waals surface area contributed by atoms with Crippen molar-refractivity contribution in [2.24, 2.45) is 11.7 Å². The standard InChI is InChI=1S/C8H18N2/c1-7-4-10(5-7)8(2,3)6-9/h7H,4-6,9H2,1-3H3. The van der Waals surface area contributed by atoms with E-state index in [1.54, 1.807) is 0 Å². The molecule has 10 heavy (non-hydrogen) atoms. The number of rotatable bonds is 2. The summed E-state index contributed by atoms with van der Waals surface area (Å²) in [4.78, 5) is 2.44. The molecule has 0 atom stereocenters. The van der Waals surface area contributed by atoms with Gasteiger partial charge in [0, 0.05) is 25.2 Å². The molecule has 2 N–H and O–H groups in total. The van der Waals surface area contributed by atoms with Crippen molar-refractivity contribution < 1.29 is 0 Å². The van der Waals surface area contributed by atoms with Crippen LogP contribution in [-0.4, -0.2) is 30.1 Å². The van der Waals surface area contributed by atoms with E-state index in [0.717, 1.165) is 12.5 Å². The van der Waals surface area contributed by atoms with Crippen LogP contribution in [0.1, 0.15) is 20.8 Å². The highest BCUT2D eigenvalue weighted by molar-refractivity contribution is 4.90. The summed E-state index contributed by atoms with van der Waals surface area (Å²) in [6.07, 6.45) is 0. The van der Waals surface area contributed by atoms with Crippen molar-refractivity contribution in [2.45, 2.75) is 26.3 Å². The summed E-state index contributed by atoms with van der Waals surface area (Å²) >= 11 is 0. The maximum absolute atomic E-state index is 5.62. The van der Waals surface area contributed by atoms with Crippen LogP contribution in [0.2, 0.25) is 0 Å². The SMILES string of the molecule is CC1CN(C(C)(C)CN)C1. The third-order valence-electron chi connectivity index (χ3n) is 2.42. The fourth-order valence-corrected chi connectivity index (χ4v) is 1.32. The van der Waals surface area contributed by atoms with Crippen molar-refractivity contribution in [3.63, 3.8) is 0 Å². The third kappa shape index (κ3) is 1.32. The molecule has 1 aliphatic rings. The first-order valence-electron chi connectivity index (χ1n) is 4.01. The first-order chi connectivity index (χ1) is 4.56. The number of nitrogens with two attached hydrogens (primary N) is 1. The van der Waals surface area contributed by atoms with Gasteiger partial charge in [0.1, 0.15) is 0 Å². The van der Waals surface area contributed by atoms with E-state index in [2.05, 4.69) is 25.7 Å². The van der Waals surface area contributed by atoms with E-state index in [1.807, 2.05) is 0 Å². The third-order valence-corrected chi connectivity index (χ3v) is 2.42. The van der Waals surface area contributed by atoms with Gasteiger partial charge in [-0.25, -0.2) is 0 Å². The summed E-state index contributed by atoms with van der Waals surface area (Å²) in [7, 11) is 0. The van der Waals surface area contributed by atoms with Gasteiger partial charge in [0.05, 0.1) is 0 Å². The van der Waals surface area contributed by atoms with Crippen LogP contribution in [0.5, 0.6) is 0 Å². The Kier molecular flexibility index (Phi) is 2.02. The minimum absolute atomic E-state index is 0.229. The van der Waals surface area contributed by atoms with E-state index in [4.69, 9.17) is 5.73 Å². The molecule has 1 saturated heterocycles. The Hall–Kier alpha value is -0.0800. The fraction of sp³-hybridized carbons (Fsp3) is 1.00. The van der Waals surface area contributed by atoms with Crippen LogP contribution < -0.4 is 5.73 Å². The predicted octanol–water partition coefficient (Wildman–Crippen LogP) is 0.675. The van der Waals surface area contributed by atoms with Crippen LogP contribution in [0.3, 0.4) is 0 Å². The summed E-state index contributed by atoms with van der Waals surface area (Å²) in [5.74, 6) is 0.880. The number of hydrogen-bond acceptors (Lipinski definition) is 2. The molecule has 60 valence electrons. The van der Waals surface area contributed by atoms with Gasteiger partial charge in [-0.3, -0.25) is 4.90 Å². The van der Waals surface area contributed by atoms with Crippen molar-refractivity contribution >= 4 is 0 Å². The van der Waals surface area contributed by atoms with Gasteiger partial charge < -0.3 is 5.73 Å². The highest BCUT2D eigenvalue weighted by Crippen LogP contribution is 2.23. The summed E-state index contributed by atoms with van der Waals surface area (Å²) in [6.45, 7) is 9.91. The monoisotopic (exact) mass is 142 g/mol. The lowest BCUT2D eigenvalue weighted by Gasteiger charge is -2.47. The maximum atomic E-state index is 5.62. The van der Waals surface area contributed by atoms with E-state index in [-0.39, 0.29) is 5.54 Å². The molecule has 1 aliphatic heterocycles. The molecule has 0 amide bonds. The van der Waals surface area contributed by atoms with Crippen LogP contribution in [0.4, 0.5) is 0 Å². The second-order valence-corrected chi connectivity index (χ2v) is 4.03. The lowest BCUT2D eigenvalue weighted by molar-refractivity contribution is 0.0167. The molecule has 0 aromatic heterocycles. The predicted molar refractivity (Wildman–Crippen MR) is 43.9 cm³/mol. The molecule has 2 heteroatoms. The van der Waals surface area contributed by atoms with Gasteiger partial charge in [0.15, 0.2) is 0 Å². The van der Waals surface area contributed by atoms with Crippen LogP contribution in [0, 0.1) is 5.92 Å². The topological polar surface area (TPSA) is 29.3 Å². The van der Waals surface area contributed by atoms with E-state index < -0.39 is 0 Å². The van der Waals surface area contributed by atoms with Crippen LogP contribution in [0.25, 0.3) is 0 Å². The number of likely N-dealkylation sites (tertiary alicyclic amines) is 1. The molecule has 0 radical (unpaired) electrons. The highest BCUT2D eigenvalue weighted by Gasteiger charge is 2.33. The van der Waals surface area contributed by atoms with E-state index in [0.29, 0.717) is 0 Å². The van der Waals surface area contributed by atoms with Crippen LogP contribution in [-0.2, 0) is 0 Å². The van der Waals surface area contributed by atoms with Gasteiger partial charge in [-0.1, -0.05) is 6.92 Å². The smallest absolute Gasteiger partial charge is 0.0275 e. The highest BCUT2D eigenvalue weighted by atomic mass is 15.2. The normalized spacial score (nSPS) is 22.8. The van der Waals surface area contributed by atoms with Crippen molar-refractivity contribution in [1.29, 1.82) is 0 Å². The zero-order valence-corrected chi connectivity index (χ0v) is 7.22. The van der Waals surface area contributed by atoms with Gasteiger partial charge in [-0.05, 0) is 19.8 Å². The van der Waals surface area contributed by atoms with E-state index in [1.165, 1.54) is 13.1 Å². The maximum Gasteiger partial charge on any atom is 0.0275 e. The van der Waals surface area contributed by atoms with Crippen molar-refractivity contribution in [2.75, 3.05) is 19.6 Å². The molecule has 0 aliphatic carbocycles. The summed E-state index contributed by atoms with van der Waals surface area (Å²) < 4.78 is 0. The molecule has 0 aromatic rings. The molecular weight excluding hydrogens is 124 g/mol. The average Bonchev–Trinajstić information content (AvgIpc) is 1.81. The molecule has 0 spiro atoms. The number of nitrogens with zero attached hydrogens (tertiary/aromatic N) is 1. The first-order valence-corrected chi connectivity index (χ1v) is 4.01. The largest absolute Gasteiger partial charge is 0.329 e. The molecule has 0 unspecified atom stereocenters. The van der Waals surface area contributed by atoms with Crippen molar-refractivity contribution in [3.05, 3.63) is 0 Å². The summed E-state index contributed by atoms with van der Waals surface area (Å²) in [5.41, 5.74) is 5.85. The van der Waals surface area contributed by atoms with Gasteiger partial charge in [-0.15, -0.1) is 0 Å². The minimum atomic E-state index is 0.229. The second-order valence-electron chi connectivity index (χ2n) is 4.03. The molecule has 0 saturated carbocycles. The van der Waals surface area contributed by atoms with Crippen LogP contribution >= 0.6 is 0 Å². The Balaban J connectivity index is 2.36. The molecule has 1 fully saturated rings. The lowest BCUT2D eigenvalue weighted by atomic mass is 9.93. The average molecular weight is 142 g/mol. The Morgan fingerprint density at radius 2 is 2.00 bits per heavy atom. The van der Waals surface area contributed by atoms with Gasteiger partial charge >= 0.3 is 0 Å². The minimum Gasteiger partial charge on any atom is -0.329 e. The fourth-order valence-electron chi connectivity index (χ4n) is 1.32. The molecule has 1 heterocycles. The molecule has 2 nitrogen and oxygen atoms in total. The van der Waals surface area contributed by atoms with Crippen molar-refractivity contribution in [3.8, 4) is 0 Å². The number of hydrogen-bond donors (Lipinski definition) is 1.